The monoisotopic (exact) mass is 332 g/mol. The molecule has 1 N–H and O–H groups in total. The fourth-order valence-corrected chi connectivity index (χ4v) is 2.40. The van der Waals surface area contributed by atoms with E-state index in [1.807, 2.05) is 37.3 Å². The smallest absolute Gasteiger partial charge is 0.124 e. The topological polar surface area (TPSA) is 35.8 Å². The van der Waals surface area contributed by atoms with Crippen LogP contribution in [-0.4, -0.2) is 0 Å². The Balaban J connectivity index is 2.05. The molecule has 20 heavy (non-hydrogen) atoms. The van der Waals surface area contributed by atoms with Gasteiger partial charge in [0.25, 0.3) is 0 Å². The SMILES string of the molecule is C[C@@H](NCc1cc(F)cc(C#N)c1)c1cccc(Br)c1. The first-order valence-electron chi connectivity index (χ1n) is 6.27. The molecule has 2 rings (SSSR count). The molecular weight excluding hydrogens is 319 g/mol. The fourth-order valence-electron chi connectivity index (χ4n) is 1.98. The van der Waals surface area contributed by atoms with E-state index in [4.69, 9.17) is 5.26 Å². The second-order valence-electron chi connectivity index (χ2n) is 4.62. The van der Waals surface area contributed by atoms with E-state index in [-0.39, 0.29) is 11.9 Å². The van der Waals surface area contributed by atoms with Crippen LogP contribution in [0.4, 0.5) is 4.39 Å². The van der Waals surface area contributed by atoms with Crippen molar-refractivity contribution >= 4 is 15.9 Å². The molecular formula is C16H14BrFN2. The number of nitriles is 1. The van der Waals surface area contributed by atoms with Gasteiger partial charge in [-0.05, 0) is 48.4 Å². The predicted molar refractivity (Wildman–Crippen MR) is 80.5 cm³/mol. The third kappa shape index (κ3) is 3.89. The minimum absolute atomic E-state index is 0.140. The lowest BCUT2D eigenvalue weighted by molar-refractivity contribution is 0.569. The quantitative estimate of drug-likeness (QED) is 0.905. The summed E-state index contributed by atoms with van der Waals surface area (Å²) in [6, 6.07) is 14.5. The maximum Gasteiger partial charge on any atom is 0.124 e. The average Bonchev–Trinajstić information content (AvgIpc) is 2.44. The van der Waals surface area contributed by atoms with Crippen molar-refractivity contribution in [1.82, 2.24) is 5.32 Å². The van der Waals surface area contributed by atoms with Gasteiger partial charge in [-0.3, -0.25) is 0 Å². The first-order valence-corrected chi connectivity index (χ1v) is 7.06. The second kappa shape index (κ2) is 6.65. The first kappa shape index (κ1) is 14.7. The standard InChI is InChI=1S/C16H14BrFN2/c1-11(14-3-2-4-15(17)8-14)20-10-13-5-12(9-19)6-16(18)7-13/h2-8,11,20H,10H2,1H3/t11-/m1/s1. The van der Waals surface area contributed by atoms with Crippen molar-refractivity contribution in [3.8, 4) is 6.07 Å². The lowest BCUT2D eigenvalue weighted by Crippen LogP contribution is -2.18. The highest BCUT2D eigenvalue weighted by Gasteiger charge is 2.06. The predicted octanol–water partition coefficient (Wildman–Crippen LogP) is 4.31. The lowest BCUT2D eigenvalue weighted by atomic mass is 10.1. The van der Waals surface area contributed by atoms with Crippen molar-refractivity contribution < 1.29 is 4.39 Å². The van der Waals surface area contributed by atoms with Crippen LogP contribution in [0.5, 0.6) is 0 Å². The molecule has 1 atom stereocenters. The van der Waals surface area contributed by atoms with Gasteiger partial charge in [0, 0.05) is 17.1 Å². The number of hydrogen-bond acceptors (Lipinski definition) is 2. The summed E-state index contributed by atoms with van der Waals surface area (Å²) in [5.41, 5.74) is 2.26. The maximum absolute atomic E-state index is 13.3. The summed E-state index contributed by atoms with van der Waals surface area (Å²) < 4.78 is 14.4. The number of rotatable bonds is 4. The molecule has 102 valence electrons. The van der Waals surface area contributed by atoms with E-state index >= 15 is 0 Å². The average molecular weight is 333 g/mol. The van der Waals surface area contributed by atoms with Crippen molar-refractivity contribution in [3.05, 3.63) is 69.4 Å². The Morgan fingerprint density at radius 2 is 2.10 bits per heavy atom. The van der Waals surface area contributed by atoms with Crippen LogP contribution in [0.1, 0.15) is 29.7 Å². The van der Waals surface area contributed by atoms with Crippen LogP contribution >= 0.6 is 15.9 Å². The molecule has 0 aromatic heterocycles. The normalized spacial score (nSPS) is 11.9. The maximum atomic E-state index is 13.3. The summed E-state index contributed by atoms with van der Waals surface area (Å²) in [6.45, 7) is 2.56. The molecule has 0 saturated heterocycles. The van der Waals surface area contributed by atoms with Gasteiger partial charge >= 0.3 is 0 Å². The Labute approximate surface area is 126 Å². The van der Waals surface area contributed by atoms with E-state index in [2.05, 4.69) is 21.2 Å². The Morgan fingerprint density at radius 3 is 2.80 bits per heavy atom. The Morgan fingerprint density at radius 1 is 1.30 bits per heavy atom. The van der Waals surface area contributed by atoms with Crippen molar-refractivity contribution in [2.24, 2.45) is 0 Å². The Bertz CT molecular complexity index is 649. The highest BCUT2D eigenvalue weighted by Crippen LogP contribution is 2.18. The van der Waals surface area contributed by atoms with E-state index < -0.39 is 0 Å². The molecule has 2 aromatic rings. The number of halogens is 2. The summed E-state index contributed by atoms with van der Waals surface area (Å²) >= 11 is 3.44. The van der Waals surface area contributed by atoms with Gasteiger partial charge in [-0.1, -0.05) is 28.1 Å². The largest absolute Gasteiger partial charge is 0.306 e. The zero-order valence-electron chi connectivity index (χ0n) is 11.0. The third-order valence-electron chi connectivity index (χ3n) is 3.05. The van der Waals surface area contributed by atoms with Crippen LogP contribution < -0.4 is 5.32 Å². The number of benzene rings is 2. The van der Waals surface area contributed by atoms with Gasteiger partial charge in [0.05, 0.1) is 11.6 Å². The van der Waals surface area contributed by atoms with E-state index in [1.54, 1.807) is 6.07 Å². The van der Waals surface area contributed by atoms with Gasteiger partial charge in [-0.25, -0.2) is 4.39 Å². The minimum atomic E-state index is -0.379. The summed E-state index contributed by atoms with van der Waals surface area (Å²) in [7, 11) is 0. The first-order chi connectivity index (χ1) is 9.58. The molecule has 0 amide bonds. The lowest BCUT2D eigenvalue weighted by Gasteiger charge is -2.15. The molecule has 0 aliphatic rings. The van der Waals surface area contributed by atoms with Gasteiger partial charge in [-0.2, -0.15) is 5.26 Å². The highest BCUT2D eigenvalue weighted by molar-refractivity contribution is 9.10. The van der Waals surface area contributed by atoms with E-state index in [9.17, 15) is 4.39 Å². The molecule has 2 aromatic carbocycles. The molecule has 0 radical (unpaired) electrons. The molecule has 0 spiro atoms. The van der Waals surface area contributed by atoms with E-state index in [1.165, 1.54) is 12.1 Å². The van der Waals surface area contributed by atoms with E-state index in [0.717, 1.165) is 15.6 Å². The summed E-state index contributed by atoms with van der Waals surface area (Å²) in [5, 5.41) is 12.2. The van der Waals surface area contributed by atoms with Gasteiger partial charge in [0.2, 0.25) is 0 Å². The van der Waals surface area contributed by atoms with Crippen LogP contribution in [0.25, 0.3) is 0 Å². The molecule has 0 heterocycles. The molecule has 0 aliphatic heterocycles. The van der Waals surface area contributed by atoms with Crippen molar-refractivity contribution in [2.75, 3.05) is 0 Å². The zero-order chi connectivity index (χ0) is 14.5. The zero-order valence-corrected chi connectivity index (χ0v) is 12.6. The third-order valence-corrected chi connectivity index (χ3v) is 3.54. The van der Waals surface area contributed by atoms with Crippen LogP contribution in [0.3, 0.4) is 0 Å². The second-order valence-corrected chi connectivity index (χ2v) is 5.53. The molecule has 4 heteroatoms. The Kier molecular flexibility index (Phi) is 4.89. The van der Waals surface area contributed by atoms with Crippen LogP contribution in [0.2, 0.25) is 0 Å². The molecule has 0 aliphatic carbocycles. The van der Waals surface area contributed by atoms with Crippen molar-refractivity contribution in [2.45, 2.75) is 19.5 Å². The highest BCUT2D eigenvalue weighted by atomic mass is 79.9. The van der Waals surface area contributed by atoms with Gasteiger partial charge in [0.15, 0.2) is 0 Å². The Hall–Kier alpha value is -1.70. The summed E-state index contributed by atoms with van der Waals surface area (Å²) in [6.07, 6.45) is 0. The van der Waals surface area contributed by atoms with Gasteiger partial charge in [0.1, 0.15) is 5.82 Å². The molecule has 0 bridgehead atoms. The van der Waals surface area contributed by atoms with Gasteiger partial charge < -0.3 is 5.32 Å². The van der Waals surface area contributed by atoms with Crippen molar-refractivity contribution in [1.29, 1.82) is 5.26 Å². The number of hydrogen-bond donors (Lipinski definition) is 1. The molecule has 0 unspecified atom stereocenters. The summed E-state index contributed by atoms with van der Waals surface area (Å²) in [4.78, 5) is 0. The number of nitrogens with zero attached hydrogens (tertiary/aromatic N) is 1. The summed E-state index contributed by atoms with van der Waals surface area (Å²) in [5.74, 6) is -0.379. The van der Waals surface area contributed by atoms with Gasteiger partial charge in [-0.15, -0.1) is 0 Å². The fraction of sp³-hybridized carbons (Fsp3) is 0.188. The minimum Gasteiger partial charge on any atom is -0.306 e. The van der Waals surface area contributed by atoms with Crippen LogP contribution in [-0.2, 0) is 6.54 Å². The van der Waals surface area contributed by atoms with Crippen LogP contribution in [0, 0.1) is 17.1 Å². The number of nitrogens with one attached hydrogen (secondary N) is 1. The molecule has 2 nitrogen and oxygen atoms in total. The van der Waals surface area contributed by atoms with E-state index in [0.29, 0.717) is 12.1 Å². The van der Waals surface area contributed by atoms with Crippen LogP contribution in [0.15, 0.2) is 46.9 Å². The van der Waals surface area contributed by atoms with Crippen molar-refractivity contribution in [3.63, 3.8) is 0 Å². The molecule has 0 saturated carbocycles. The molecule has 0 fully saturated rings.